The van der Waals surface area contributed by atoms with E-state index in [0.717, 1.165) is 18.2 Å². The molecule has 0 aromatic heterocycles. The molecule has 2 N–H and O–H groups in total. The van der Waals surface area contributed by atoms with Crippen LogP contribution >= 0.6 is 0 Å². The smallest absolute Gasteiger partial charge is 0.488 e. The Balaban J connectivity index is 1.72. The number of hydrogen-bond acceptors (Lipinski definition) is 6. The van der Waals surface area contributed by atoms with Crippen LogP contribution in [0.25, 0.3) is 11.1 Å². The summed E-state index contributed by atoms with van der Waals surface area (Å²) in [7, 11) is 0. The lowest BCUT2D eigenvalue weighted by atomic mass is 9.98. The molecular formula is C26H22F7NO5. The zero-order valence-electron chi connectivity index (χ0n) is 19.9. The summed E-state index contributed by atoms with van der Waals surface area (Å²) in [5.74, 6) is -0.725. The van der Waals surface area contributed by atoms with Crippen molar-refractivity contribution in [3.63, 3.8) is 0 Å². The van der Waals surface area contributed by atoms with Gasteiger partial charge >= 0.3 is 18.9 Å². The molecule has 3 aromatic rings. The van der Waals surface area contributed by atoms with Crippen LogP contribution in [-0.2, 0) is 0 Å². The molecule has 0 aliphatic carbocycles. The molecule has 0 amide bonds. The third-order valence-corrected chi connectivity index (χ3v) is 5.81. The molecule has 0 radical (unpaired) electrons. The third kappa shape index (κ3) is 6.66. The summed E-state index contributed by atoms with van der Waals surface area (Å²) < 4.78 is 105. The maximum atomic E-state index is 13.5. The Hall–Kier alpha value is -3.71. The number of fused-ring (bicyclic) bond motifs is 1. The molecule has 3 aromatic carbocycles. The van der Waals surface area contributed by atoms with Crippen LogP contribution in [0.4, 0.5) is 36.4 Å². The van der Waals surface area contributed by atoms with Crippen molar-refractivity contribution in [3.05, 3.63) is 72.3 Å². The average molecular weight is 561 g/mol. The number of aliphatic hydroxyl groups excluding tert-OH is 2. The first kappa shape index (κ1) is 28.3. The molecule has 1 aliphatic rings. The van der Waals surface area contributed by atoms with Gasteiger partial charge in [-0.2, -0.15) is 17.6 Å². The molecule has 0 bridgehead atoms. The summed E-state index contributed by atoms with van der Waals surface area (Å²) in [6.45, 7) is -0.897. The SMILES string of the molecule is OC[C@@H](O)CN1c2cccc(-c3cccc(OC(F)(F)F)c3)c2OCC1c1cccc(OC(F)(F)C(F)F)c1. The van der Waals surface area contributed by atoms with Gasteiger partial charge in [0.05, 0.1) is 24.4 Å². The van der Waals surface area contributed by atoms with Crippen LogP contribution in [0.15, 0.2) is 66.7 Å². The largest absolute Gasteiger partial charge is 0.573 e. The maximum absolute atomic E-state index is 13.5. The van der Waals surface area contributed by atoms with Crippen molar-refractivity contribution in [3.8, 4) is 28.4 Å². The van der Waals surface area contributed by atoms with E-state index in [-0.39, 0.29) is 18.9 Å². The van der Waals surface area contributed by atoms with Gasteiger partial charge in [-0.3, -0.25) is 0 Å². The van der Waals surface area contributed by atoms with Crippen molar-refractivity contribution in [1.82, 2.24) is 0 Å². The number of anilines is 1. The predicted octanol–water partition coefficient (Wildman–Crippen LogP) is 5.78. The van der Waals surface area contributed by atoms with Crippen LogP contribution in [-0.4, -0.2) is 55.0 Å². The Bertz CT molecular complexity index is 1290. The van der Waals surface area contributed by atoms with Gasteiger partial charge < -0.3 is 29.3 Å². The molecule has 0 spiro atoms. The van der Waals surface area contributed by atoms with Crippen LogP contribution in [0.2, 0.25) is 0 Å². The Morgan fingerprint density at radius 3 is 2.26 bits per heavy atom. The van der Waals surface area contributed by atoms with Crippen molar-refractivity contribution in [2.45, 2.75) is 31.0 Å². The van der Waals surface area contributed by atoms with Gasteiger partial charge in [0.1, 0.15) is 18.1 Å². The van der Waals surface area contributed by atoms with Crippen molar-refractivity contribution in [1.29, 1.82) is 0 Å². The number of halogens is 7. The summed E-state index contributed by atoms with van der Waals surface area (Å²) in [5, 5.41) is 19.7. The van der Waals surface area contributed by atoms with E-state index in [1.54, 1.807) is 29.2 Å². The molecule has 4 rings (SSSR count). The third-order valence-electron chi connectivity index (χ3n) is 5.81. The number of ether oxygens (including phenoxy) is 3. The molecule has 1 heterocycles. The highest BCUT2D eigenvalue weighted by Crippen LogP contribution is 2.46. The van der Waals surface area contributed by atoms with Crippen molar-refractivity contribution < 1.29 is 55.2 Å². The van der Waals surface area contributed by atoms with E-state index < -0.39 is 49.1 Å². The number of hydrogen-bond donors (Lipinski definition) is 2. The molecule has 39 heavy (non-hydrogen) atoms. The minimum Gasteiger partial charge on any atom is -0.488 e. The molecule has 1 unspecified atom stereocenters. The van der Waals surface area contributed by atoms with Crippen LogP contribution in [0.1, 0.15) is 11.6 Å². The lowest BCUT2D eigenvalue weighted by Crippen LogP contribution is -2.42. The monoisotopic (exact) mass is 561 g/mol. The molecule has 1 aliphatic heterocycles. The second-order valence-corrected chi connectivity index (χ2v) is 8.58. The zero-order chi connectivity index (χ0) is 28.4. The minimum atomic E-state index is -4.90. The molecule has 13 heteroatoms. The summed E-state index contributed by atoms with van der Waals surface area (Å²) in [5.41, 5.74) is 1.43. The Labute approximate surface area is 217 Å². The van der Waals surface area contributed by atoms with Crippen LogP contribution in [0, 0.1) is 0 Å². The van der Waals surface area contributed by atoms with Gasteiger partial charge in [0.2, 0.25) is 0 Å². The standard InChI is InChI=1S/C26H22F7NO5/c27-24(28)25(29,30)38-18-6-2-5-16(11-18)22-14-37-23-20(8-3-9-21(23)34(22)12-17(36)13-35)15-4-1-7-19(10-15)39-26(31,32)33/h1-11,17,22,24,35-36H,12-14H2/t17-,22?/m0/s1. The van der Waals surface area contributed by atoms with Crippen LogP contribution in [0.3, 0.4) is 0 Å². The van der Waals surface area contributed by atoms with E-state index in [1.165, 1.54) is 24.3 Å². The van der Waals surface area contributed by atoms with Gasteiger partial charge in [-0.1, -0.05) is 36.4 Å². The number of benzene rings is 3. The van der Waals surface area contributed by atoms with Gasteiger partial charge in [-0.15, -0.1) is 13.2 Å². The molecule has 0 saturated carbocycles. The van der Waals surface area contributed by atoms with Gasteiger partial charge in [-0.05, 0) is 41.5 Å². The summed E-state index contributed by atoms with van der Waals surface area (Å²) in [6.07, 6.45) is -14.9. The molecule has 6 nitrogen and oxygen atoms in total. The van der Waals surface area contributed by atoms with E-state index in [0.29, 0.717) is 22.4 Å². The minimum absolute atomic E-state index is 0.129. The Morgan fingerprint density at radius 1 is 0.923 bits per heavy atom. The molecule has 210 valence electrons. The topological polar surface area (TPSA) is 71.4 Å². The number of aliphatic hydroxyl groups is 2. The summed E-state index contributed by atoms with van der Waals surface area (Å²) in [4.78, 5) is 1.61. The number of nitrogens with zero attached hydrogens (tertiary/aromatic N) is 1. The number of alkyl halides is 7. The first-order valence-electron chi connectivity index (χ1n) is 11.5. The molecule has 0 saturated heterocycles. The Morgan fingerprint density at radius 2 is 1.59 bits per heavy atom. The first-order valence-corrected chi connectivity index (χ1v) is 11.5. The summed E-state index contributed by atoms with van der Waals surface area (Å²) in [6, 6.07) is 14.3. The number of para-hydroxylation sites is 1. The van der Waals surface area contributed by atoms with Crippen molar-refractivity contribution >= 4 is 5.69 Å². The molecular weight excluding hydrogens is 539 g/mol. The number of β-amino-alcohol motifs (C(OH)–C–C–N with tert-alkyl or cyclic N) is 1. The highest BCUT2D eigenvalue weighted by molar-refractivity contribution is 5.80. The summed E-state index contributed by atoms with van der Waals surface area (Å²) >= 11 is 0. The fourth-order valence-electron chi connectivity index (χ4n) is 4.18. The Kier molecular flexibility index (Phi) is 8.12. The van der Waals surface area contributed by atoms with Gasteiger partial charge in [0, 0.05) is 12.1 Å². The quantitative estimate of drug-likeness (QED) is 0.323. The van der Waals surface area contributed by atoms with Crippen molar-refractivity contribution in [2.75, 3.05) is 24.7 Å². The predicted molar refractivity (Wildman–Crippen MR) is 125 cm³/mol. The average Bonchev–Trinajstić information content (AvgIpc) is 2.87. The van der Waals surface area contributed by atoms with E-state index in [1.807, 2.05) is 0 Å². The zero-order valence-corrected chi connectivity index (χ0v) is 19.9. The van der Waals surface area contributed by atoms with E-state index in [9.17, 15) is 40.9 Å². The molecule has 0 fully saturated rings. The fourth-order valence-corrected chi connectivity index (χ4v) is 4.18. The lowest BCUT2D eigenvalue weighted by molar-refractivity contribution is -0.274. The van der Waals surface area contributed by atoms with Gasteiger partial charge in [-0.25, -0.2) is 0 Å². The first-order chi connectivity index (χ1) is 18.4. The van der Waals surface area contributed by atoms with Crippen LogP contribution in [0.5, 0.6) is 17.2 Å². The van der Waals surface area contributed by atoms with Crippen molar-refractivity contribution in [2.24, 2.45) is 0 Å². The van der Waals surface area contributed by atoms with E-state index in [4.69, 9.17) is 4.74 Å². The second kappa shape index (κ2) is 11.2. The number of rotatable bonds is 9. The van der Waals surface area contributed by atoms with Gasteiger partial charge in [0.15, 0.2) is 5.75 Å². The van der Waals surface area contributed by atoms with E-state index >= 15 is 0 Å². The normalized spacial score (nSPS) is 16.5. The lowest BCUT2D eigenvalue weighted by Gasteiger charge is -2.40. The van der Waals surface area contributed by atoms with E-state index in [2.05, 4.69) is 9.47 Å². The maximum Gasteiger partial charge on any atom is 0.573 e. The van der Waals surface area contributed by atoms with Crippen LogP contribution < -0.4 is 19.1 Å². The van der Waals surface area contributed by atoms with Gasteiger partial charge in [0.25, 0.3) is 0 Å². The fraction of sp³-hybridized carbons (Fsp3) is 0.308. The molecule has 2 atom stereocenters. The second-order valence-electron chi connectivity index (χ2n) is 8.58. The highest BCUT2D eigenvalue weighted by atomic mass is 19.4. The highest BCUT2D eigenvalue weighted by Gasteiger charge is 2.44.